The summed E-state index contributed by atoms with van der Waals surface area (Å²) in [6.45, 7) is 10.3. The van der Waals surface area contributed by atoms with Crippen molar-refractivity contribution in [2.45, 2.75) is 26.7 Å². The van der Waals surface area contributed by atoms with Crippen molar-refractivity contribution in [2.24, 2.45) is 5.92 Å². The number of carbonyl (C=O) groups is 1. The van der Waals surface area contributed by atoms with Gasteiger partial charge >= 0.3 is 11.9 Å². The van der Waals surface area contributed by atoms with Crippen molar-refractivity contribution in [1.82, 2.24) is 4.98 Å². The molecule has 2 aliphatic heterocycles. The number of benzene rings is 2. The summed E-state index contributed by atoms with van der Waals surface area (Å²) in [5.74, 6) is 0.569. The van der Waals surface area contributed by atoms with E-state index < -0.39 is 0 Å². The minimum Gasteiger partial charge on any atom is -0.462 e. The van der Waals surface area contributed by atoms with Crippen LogP contribution in [0.2, 0.25) is 0 Å². The largest absolute Gasteiger partial charge is 0.506 e. The van der Waals surface area contributed by atoms with Crippen molar-refractivity contribution in [2.75, 3.05) is 6.61 Å². The predicted octanol–water partition coefficient (Wildman–Crippen LogP) is 5.72. The van der Waals surface area contributed by atoms with Gasteiger partial charge < -0.3 is 9.72 Å². The van der Waals surface area contributed by atoms with Gasteiger partial charge in [-0.05, 0) is 25.5 Å². The quantitative estimate of drug-likeness (QED) is 0.417. The van der Waals surface area contributed by atoms with E-state index in [0.717, 1.165) is 33.3 Å². The Hall–Kier alpha value is -3.86. The maximum atomic E-state index is 13.0. The summed E-state index contributed by atoms with van der Waals surface area (Å²) < 4.78 is 17.7. The van der Waals surface area contributed by atoms with Crippen molar-refractivity contribution in [3.8, 4) is 0 Å². The normalized spacial score (nSPS) is 21.2. The molecule has 0 aliphatic carbocycles. The molecule has 2 aromatic carbocycles. The summed E-state index contributed by atoms with van der Waals surface area (Å²) in [7, 11) is 0. The van der Waals surface area contributed by atoms with E-state index in [0.29, 0.717) is 29.7 Å². The molecule has 3 heterocycles. The van der Waals surface area contributed by atoms with Crippen LogP contribution in [0.25, 0.3) is 17.0 Å². The second kappa shape index (κ2) is 8.24. The first-order valence-electron chi connectivity index (χ1n) is 11.1. The van der Waals surface area contributed by atoms with E-state index in [4.69, 9.17) is 13.9 Å². The molecule has 0 bridgehead atoms. The number of carbonyl (C=O) groups excluding carboxylic acids is 2. The average Bonchev–Trinajstić information content (AvgIpc) is 3.29. The summed E-state index contributed by atoms with van der Waals surface area (Å²) >= 11 is 0. The lowest BCUT2D eigenvalue weighted by Gasteiger charge is -2.26. The van der Waals surface area contributed by atoms with E-state index in [1.165, 1.54) is 0 Å². The highest BCUT2D eigenvalue weighted by Gasteiger charge is 2.55. The Balaban J connectivity index is 1.62. The van der Waals surface area contributed by atoms with Gasteiger partial charge in [-0.15, -0.1) is 0 Å². The number of rotatable bonds is 4. The summed E-state index contributed by atoms with van der Waals surface area (Å²) in [5.41, 5.74) is 5.43. The smallest absolute Gasteiger partial charge is 0.462 e. The predicted molar refractivity (Wildman–Crippen MR) is 128 cm³/mol. The summed E-state index contributed by atoms with van der Waals surface area (Å²) in [4.78, 5) is 16.4. The molecule has 0 spiro atoms. The monoisotopic (exact) mass is 440 g/mol. The zero-order valence-electron chi connectivity index (χ0n) is 19.0. The van der Waals surface area contributed by atoms with Crippen molar-refractivity contribution < 1.29 is 18.7 Å². The molecule has 0 fully saturated rings. The van der Waals surface area contributed by atoms with Crippen LogP contribution in [-0.4, -0.2) is 23.5 Å². The Morgan fingerprint density at radius 1 is 1.12 bits per heavy atom. The number of esters is 2. The number of aromatic amines is 1. The Morgan fingerprint density at radius 2 is 1.85 bits per heavy atom. The van der Waals surface area contributed by atoms with Gasteiger partial charge in [-0.25, -0.2) is 4.79 Å². The van der Waals surface area contributed by atoms with E-state index >= 15 is 0 Å². The molecule has 1 N–H and O–H groups in total. The Morgan fingerprint density at radius 3 is 2.61 bits per heavy atom. The van der Waals surface area contributed by atoms with Crippen LogP contribution < -0.4 is 0 Å². The van der Waals surface area contributed by atoms with Crippen LogP contribution in [-0.2, 0) is 18.7 Å². The number of H-pyrrole nitrogens is 1. The molecular formula is C28H26NO4+. The number of allylic oxidation sites excluding steroid dienone is 2. The number of fused-ring (bicyclic) bond motifs is 2. The molecule has 5 nitrogen and oxygen atoms in total. The second-order valence-electron chi connectivity index (χ2n) is 8.32. The Bertz CT molecular complexity index is 1360. The summed E-state index contributed by atoms with van der Waals surface area (Å²) in [5, 5.41) is 1.11. The molecule has 0 saturated heterocycles. The van der Waals surface area contributed by atoms with Gasteiger partial charge in [0.1, 0.15) is 5.57 Å². The van der Waals surface area contributed by atoms with Crippen molar-refractivity contribution in [3.63, 3.8) is 0 Å². The number of para-hydroxylation sites is 1. The van der Waals surface area contributed by atoms with E-state index in [1.807, 2.05) is 55.5 Å². The third kappa shape index (κ3) is 3.50. The zero-order valence-corrected chi connectivity index (χ0v) is 19.0. The Kier molecular flexibility index (Phi) is 5.25. The van der Waals surface area contributed by atoms with Gasteiger partial charge in [0, 0.05) is 46.7 Å². The van der Waals surface area contributed by atoms with Crippen molar-refractivity contribution in [3.05, 3.63) is 101 Å². The van der Waals surface area contributed by atoms with Gasteiger partial charge in [-0.3, -0.25) is 9.16 Å². The topological polar surface area (TPSA) is 62.6 Å². The third-order valence-corrected chi connectivity index (χ3v) is 6.31. The Labute approximate surface area is 192 Å². The molecule has 5 heteroatoms. The van der Waals surface area contributed by atoms with E-state index in [9.17, 15) is 4.79 Å². The van der Waals surface area contributed by atoms with E-state index in [2.05, 4.69) is 23.7 Å². The lowest BCUT2D eigenvalue weighted by Crippen LogP contribution is -2.33. The molecule has 33 heavy (non-hydrogen) atoms. The standard InChI is InChI=1S/C28H26NO4/c1-5-31-27(30)25-18(4)32-28-24(26(25)19-11-7-6-8-12-19)16(2)23(33-28)15-21-17(3)29-22-14-10-9-13-20(21)22/h6-15,24,26,29H,2,5H2,1,3-4H3/q+1/b23-15-. The minimum atomic E-state index is -0.374. The molecule has 2 atom stereocenters. The van der Waals surface area contributed by atoms with E-state index in [1.54, 1.807) is 13.8 Å². The summed E-state index contributed by atoms with van der Waals surface area (Å²) in [6.07, 6.45) is 2.01. The number of aryl methyl sites for hydroxylation is 1. The SMILES string of the molecule is C=C1/C(=C/c2c(C)[nH]c3ccccc23)[O+]=C2OC(C)=C(C(=O)OCC)C(c3ccccc3)C12. The van der Waals surface area contributed by atoms with Gasteiger partial charge in [-0.1, -0.05) is 55.1 Å². The van der Waals surface area contributed by atoms with E-state index in [-0.39, 0.29) is 17.8 Å². The maximum Gasteiger partial charge on any atom is 0.506 e. The first-order valence-corrected chi connectivity index (χ1v) is 11.1. The lowest BCUT2D eigenvalue weighted by molar-refractivity contribution is -0.396. The van der Waals surface area contributed by atoms with Crippen molar-refractivity contribution in [1.29, 1.82) is 0 Å². The molecule has 2 unspecified atom stereocenters. The first-order chi connectivity index (χ1) is 16.0. The highest BCUT2D eigenvalue weighted by Crippen LogP contribution is 2.47. The highest BCUT2D eigenvalue weighted by atomic mass is 16.6. The second-order valence-corrected chi connectivity index (χ2v) is 8.32. The minimum absolute atomic E-state index is 0.292. The average molecular weight is 441 g/mol. The van der Waals surface area contributed by atoms with Crippen LogP contribution in [0.4, 0.5) is 0 Å². The van der Waals surface area contributed by atoms with Gasteiger partial charge in [0.05, 0.1) is 6.61 Å². The molecule has 166 valence electrons. The van der Waals surface area contributed by atoms with Crippen LogP contribution >= 0.6 is 0 Å². The molecule has 2 aliphatic rings. The van der Waals surface area contributed by atoms with Crippen LogP contribution in [0.15, 0.2) is 83.8 Å². The van der Waals surface area contributed by atoms with Crippen LogP contribution in [0.1, 0.15) is 36.6 Å². The van der Waals surface area contributed by atoms with Gasteiger partial charge in [0.25, 0.3) is 5.76 Å². The number of nitrogens with one attached hydrogen (secondary N) is 1. The first kappa shape index (κ1) is 21.0. The number of hydrogen-bond acceptors (Lipinski definition) is 3. The summed E-state index contributed by atoms with van der Waals surface area (Å²) in [6, 6.07) is 18.1. The van der Waals surface area contributed by atoms with Crippen molar-refractivity contribution >= 4 is 28.9 Å². The fraction of sp³-hybridized carbons (Fsp3) is 0.214. The van der Waals surface area contributed by atoms with Crippen LogP contribution in [0.5, 0.6) is 0 Å². The molecule has 0 saturated carbocycles. The molecule has 3 aromatic rings. The maximum absolute atomic E-state index is 13.0. The number of ether oxygens (including phenoxy) is 2. The van der Waals surface area contributed by atoms with Crippen LogP contribution in [0, 0.1) is 12.8 Å². The molecule has 5 rings (SSSR count). The third-order valence-electron chi connectivity index (χ3n) is 6.31. The zero-order chi connectivity index (χ0) is 23.1. The van der Waals surface area contributed by atoms with Crippen LogP contribution in [0.3, 0.4) is 0 Å². The lowest BCUT2D eigenvalue weighted by atomic mass is 9.75. The highest BCUT2D eigenvalue weighted by molar-refractivity contribution is 5.97. The number of aromatic nitrogens is 1. The fourth-order valence-electron chi connectivity index (χ4n) is 4.78. The van der Waals surface area contributed by atoms with Gasteiger partial charge in [0.15, 0.2) is 5.92 Å². The molecule has 1 aromatic heterocycles. The molecule has 0 amide bonds. The fourth-order valence-corrected chi connectivity index (χ4v) is 4.78. The van der Waals surface area contributed by atoms with Gasteiger partial charge in [-0.2, -0.15) is 0 Å². The number of hydrogen-bond donors (Lipinski definition) is 1. The molecular weight excluding hydrogens is 414 g/mol. The van der Waals surface area contributed by atoms with Gasteiger partial charge in [0.2, 0.25) is 5.76 Å². The molecule has 0 radical (unpaired) electrons.